The maximum atomic E-state index is 15.1. The third-order valence-corrected chi connectivity index (χ3v) is 5.87. The van der Waals surface area contributed by atoms with E-state index in [0.29, 0.717) is 46.6 Å². The molecule has 0 spiro atoms. The van der Waals surface area contributed by atoms with E-state index in [4.69, 9.17) is 5.73 Å². The maximum absolute atomic E-state index is 15.1. The molecule has 0 saturated carbocycles. The number of nitrogens with zero attached hydrogens (tertiary/aromatic N) is 5. The number of halogens is 1. The summed E-state index contributed by atoms with van der Waals surface area (Å²) in [6.07, 6.45) is 3.47. The average Bonchev–Trinajstić information content (AvgIpc) is 3.06. The summed E-state index contributed by atoms with van der Waals surface area (Å²) in [4.78, 5) is 31.8. The fourth-order valence-electron chi connectivity index (χ4n) is 3.91. The molecule has 0 bridgehead atoms. The van der Waals surface area contributed by atoms with Gasteiger partial charge in [0.25, 0.3) is 5.56 Å². The molecule has 0 aliphatic carbocycles. The summed E-state index contributed by atoms with van der Waals surface area (Å²) < 4.78 is 18.3. The van der Waals surface area contributed by atoms with Gasteiger partial charge in [0.05, 0.1) is 11.4 Å². The Labute approximate surface area is 187 Å². The van der Waals surface area contributed by atoms with Crippen LogP contribution in [0.1, 0.15) is 17.0 Å². The molecule has 0 saturated heterocycles. The number of amides is 1. The van der Waals surface area contributed by atoms with Crippen LogP contribution < -0.4 is 21.9 Å². The summed E-state index contributed by atoms with van der Waals surface area (Å²) >= 11 is 0. The molecule has 33 heavy (non-hydrogen) atoms. The number of carbonyl (C=O) groups is 1. The fraction of sp³-hybridized carbons (Fsp3) is 0.227. The second-order valence-electron chi connectivity index (χ2n) is 7.95. The summed E-state index contributed by atoms with van der Waals surface area (Å²) in [6, 6.07) is 5.25. The summed E-state index contributed by atoms with van der Waals surface area (Å²) in [5.74, 6) is 0.343. The van der Waals surface area contributed by atoms with Crippen LogP contribution in [0.25, 0.3) is 16.5 Å². The molecule has 1 aliphatic rings. The van der Waals surface area contributed by atoms with E-state index in [9.17, 15) is 9.59 Å². The van der Waals surface area contributed by atoms with E-state index in [2.05, 4.69) is 25.7 Å². The Bertz CT molecular complexity index is 1490. The number of pyridine rings is 1. The van der Waals surface area contributed by atoms with Crippen molar-refractivity contribution in [1.82, 2.24) is 29.6 Å². The molecule has 3 aromatic heterocycles. The van der Waals surface area contributed by atoms with Gasteiger partial charge in [0.1, 0.15) is 18.7 Å². The number of nitrogens with one attached hydrogen (secondary N) is 2. The van der Waals surface area contributed by atoms with Gasteiger partial charge in [0.2, 0.25) is 5.91 Å². The van der Waals surface area contributed by atoms with Gasteiger partial charge in [-0.2, -0.15) is 10.1 Å². The summed E-state index contributed by atoms with van der Waals surface area (Å²) in [6.45, 7) is 4.09. The lowest BCUT2D eigenvalue weighted by molar-refractivity contribution is -0.121. The Morgan fingerprint density at radius 1 is 1.15 bits per heavy atom. The van der Waals surface area contributed by atoms with E-state index < -0.39 is 5.82 Å². The number of hydrogen-bond acceptors (Lipinski definition) is 7. The van der Waals surface area contributed by atoms with Crippen molar-refractivity contribution in [3.63, 3.8) is 0 Å². The smallest absolute Gasteiger partial charge is 0.275 e. The van der Waals surface area contributed by atoms with Crippen molar-refractivity contribution in [2.75, 3.05) is 17.6 Å². The zero-order chi connectivity index (χ0) is 23.3. The number of fused-ring (bicyclic) bond motifs is 2. The predicted octanol–water partition coefficient (Wildman–Crippen LogP) is 1.73. The lowest BCUT2D eigenvalue weighted by atomic mass is 10.1. The highest BCUT2D eigenvalue weighted by Crippen LogP contribution is 2.31. The number of hydrogen-bond donors (Lipinski definition) is 3. The predicted molar refractivity (Wildman–Crippen MR) is 121 cm³/mol. The molecule has 0 atom stereocenters. The molecule has 1 aromatic carbocycles. The molecule has 0 unspecified atom stereocenters. The SMILES string of the molecule is Cc1c(C)n(-c2cc3cc(Nc4cc5n(n4)CC(=O)NCC5)ncc3c(N)c2F)cnc1=O. The molecule has 4 aromatic rings. The summed E-state index contributed by atoms with van der Waals surface area (Å²) in [5.41, 5.74) is 7.81. The molecule has 10 nitrogen and oxygen atoms in total. The molecular weight excluding hydrogens is 427 g/mol. The Kier molecular flexibility index (Phi) is 4.81. The van der Waals surface area contributed by atoms with Crippen LogP contribution in [-0.2, 0) is 17.8 Å². The number of nitrogen functional groups attached to an aromatic ring is 1. The van der Waals surface area contributed by atoms with Crippen LogP contribution >= 0.6 is 0 Å². The van der Waals surface area contributed by atoms with Crippen LogP contribution in [0.4, 0.5) is 21.7 Å². The van der Waals surface area contributed by atoms with Crippen molar-refractivity contribution in [2.24, 2.45) is 0 Å². The van der Waals surface area contributed by atoms with E-state index in [1.807, 2.05) is 6.07 Å². The number of anilines is 3. The summed E-state index contributed by atoms with van der Waals surface area (Å²) in [5, 5.41) is 11.5. The van der Waals surface area contributed by atoms with Gasteiger partial charge in [-0.1, -0.05) is 0 Å². The van der Waals surface area contributed by atoms with Crippen molar-refractivity contribution in [1.29, 1.82) is 0 Å². The van der Waals surface area contributed by atoms with E-state index in [1.54, 1.807) is 30.7 Å². The monoisotopic (exact) mass is 448 g/mol. The van der Waals surface area contributed by atoms with Crippen LogP contribution in [0, 0.1) is 19.7 Å². The average molecular weight is 448 g/mol. The first-order chi connectivity index (χ1) is 15.8. The molecule has 5 rings (SSSR count). The highest BCUT2D eigenvalue weighted by molar-refractivity contribution is 5.96. The number of carbonyl (C=O) groups excluding carboxylic acids is 1. The number of rotatable bonds is 3. The van der Waals surface area contributed by atoms with E-state index >= 15 is 4.39 Å². The largest absolute Gasteiger partial charge is 0.396 e. The van der Waals surface area contributed by atoms with Gasteiger partial charge in [-0.25, -0.2) is 9.37 Å². The number of nitrogens with two attached hydrogens (primary N) is 1. The minimum Gasteiger partial charge on any atom is -0.396 e. The first-order valence-corrected chi connectivity index (χ1v) is 10.3. The van der Waals surface area contributed by atoms with Gasteiger partial charge in [-0.05, 0) is 31.4 Å². The molecule has 4 N–H and O–H groups in total. The topological polar surface area (TPSA) is 133 Å². The van der Waals surface area contributed by atoms with Crippen LogP contribution in [0.15, 0.2) is 35.5 Å². The van der Waals surface area contributed by atoms with E-state index in [1.165, 1.54) is 17.1 Å². The molecule has 1 aliphatic heterocycles. The Hall–Kier alpha value is -4.28. The van der Waals surface area contributed by atoms with Crippen LogP contribution in [-0.4, -0.2) is 36.8 Å². The Balaban J connectivity index is 1.55. The Morgan fingerprint density at radius 2 is 1.97 bits per heavy atom. The number of benzene rings is 1. The second kappa shape index (κ2) is 7.69. The van der Waals surface area contributed by atoms with Crippen LogP contribution in [0.5, 0.6) is 0 Å². The molecule has 168 valence electrons. The molecule has 11 heteroatoms. The first-order valence-electron chi connectivity index (χ1n) is 10.3. The first kappa shape index (κ1) is 20.6. The quantitative estimate of drug-likeness (QED) is 0.407. The fourth-order valence-corrected chi connectivity index (χ4v) is 3.91. The van der Waals surface area contributed by atoms with E-state index in [0.717, 1.165) is 5.69 Å². The highest BCUT2D eigenvalue weighted by Gasteiger charge is 2.18. The lowest BCUT2D eigenvalue weighted by Crippen LogP contribution is -2.25. The second-order valence-corrected chi connectivity index (χ2v) is 7.95. The zero-order valence-electron chi connectivity index (χ0n) is 18.0. The summed E-state index contributed by atoms with van der Waals surface area (Å²) in [7, 11) is 0. The highest BCUT2D eigenvalue weighted by atomic mass is 19.1. The molecule has 0 fully saturated rings. The van der Waals surface area contributed by atoms with E-state index in [-0.39, 0.29) is 29.4 Å². The zero-order valence-corrected chi connectivity index (χ0v) is 18.0. The third kappa shape index (κ3) is 3.56. The van der Waals surface area contributed by atoms with Crippen molar-refractivity contribution in [2.45, 2.75) is 26.8 Å². The van der Waals surface area contributed by atoms with Crippen LogP contribution in [0.3, 0.4) is 0 Å². The minimum atomic E-state index is -0.617. The Morgan fingerprint density at radius 3 is 2.79 bits per heavy atom. The third-order valence-electron chi connectivity index (χ3n) is 5.87. The van der Waals surface area contributed by atoms with Gasteiger partial charge in [0, 0.05) is 47.6 Å². The standard InChI is InChI=1S/C22H21FN8O2/c1-11-12(2)30(10-27-22(11)33)16-5-13-6-17(26-8-15(13)21(24)20(16)23)28-18-7-14-3-4-25-19(32)9-31(14)29-18/h5-8,10H,3-4,9,24H2,1-2H3,(H,25,32)(H,26,28,29). The normalized spacial score (nSPS) is 13.5. The van der Waals surface area contributed by atoms with Gasteiger partial charge < -0.3 is 20.9 Å². The van der Waals surface area contributed by atoms with Gasteiger partial charge in [0.15, 0.2) is 11.6 Å². The lowest BCUT2D eigenvalue weighted by Gasteiger charge is -2.15. The molecule has 1 amide bonds. The van der Waals surface area contributed by atoms with Gasteiger partial charge in [-0.3, -0.25) is 14.3 Å². The van der Waals surface area contributed by atoms with Crippen molar-refractivity contribution in [3.05, 3.63) is 63.8 Å². The van der Waals surface area contributed by atoms with Crippen molar-refractivity contribution >= 4 is 34.0 Å². The maximum Gasteiger partial charge on any atom is 0.275 e. The molecular formula is C22H21FN8O2. The molecule has 4 heterocycles. The van der Waals surface area contributed by atoms with Crippen LogP contribution in [0.2, 0.25) is 0 Å². The van der Waals surface area contributed by atoms with Crippen molar-refractivity contribution < 1.29 is 9.18 Å². The molecule has 0 radical (unpaired) electrons. The van der Waals surface area contributed by atoms with Crippen molar-refractivity contribution in [3.8, 4) is 5.69 Å². The van der Waals surface area contributed by atoms with Gasteiger partial charge in [-0.15, -0.1) is 0 Å². The number of aromatic nitrogens is 5. The minimum absolute atomic E-state index is 0.0444. The van der Waals surface area contributed by atoms with Gasteiger partial charge >= 0.3 is 0 Å².